The normalized spacial score (nSPS) is 14.2. The van der Waals surface area contributed by atoms with Crippen LogP contribution >= 0.6 is 15.9 Å². The van der Waals surface area contributed by atoms with Crippen molar-refractivity contribution in [2.75, 3.05) is 0 Å². The number of alkyl halides is 1. The predicted molar refractivity (Wildman–Crippen MR) is 66.3 cm³/mol. The van der Waals surface area contributed by atoms with Gasteiger partial charge >= 0.3 is 0 Å². The molecule has 1 N–H and O–H groups in total. The number of nitrogens with one attached hydrogen (secondary N) is 1. The Labute approximate surface area is 108 Å². The zero-order chi connectivity index (χ0) is 13.0. The summed E-state index contributed by atoms with van der Waals surface area (Å²) in [7, 11) is 0. The number of halogens is 3. The first-order chi connectivity index (χ1) is 7.90. The third kappa shape index (κ3) is 4.42. The second-order valence-electron chi connectivity index (χ2n) is 4.02. The summed E-state index contributed by atoms with van der Waals surface area (Å²) in [6.45, 7) is 3.83. The van der Waals surface area contributed by atoms with Crippen molar-refractivity contribution in [3.8, 4) is 0 Å². The Balaban J connectivity index is 2.66. The quantitative estimate of drug-likeness (QED) is 0.850. The molecular formula is C12H14BrF2NO. The number of hydrogen-bond acceptors (Lipinski definition) is 1. The van der Waals surface area contributed by atoms with Crippen molar-refractivity contribution < 1.29 is 13.6 Å². The average molecular weight is 306 g/mol. The lowest BCUT2D eigenvalue weighted by Crippen LogP contribution is -2.33. The first-order valence-corrected chi connectivity index (χ1v) is 6.21. The minimum atomic E-state index is -1.01. The second kappa shape index (κ2) is 6.10. The molecule has 0 aliphatic rings. The smallest absolute Gasteiger partial charge is 0.251 e. The van der Waals surface area contributed by atoms with Crippen molar-refractivity contribution in [2.24, 2.45) is 0 Å². The summed E-state index contributed by atoms with van der Waals surface area (Å²) in [5.74, 6) is -2.37. The highest BCUT2D eigenvalue weighted by atomic mass is 79.9. The Morgan fingerprint density at radius 1 is 1.35 bits per heavy atom. The summed E-state index contributed by atoms with van der Waals surface area (Å²) < 4.78 is 25.6. The summed E-state index contributed by atoms with van der Waals surface area (Å²) in [6, 6.07) is 3.07. The molecule has 2 nitrogen and oxygen atoms in total. The van der Waals surface area contributed by atoms with Crippen molar-refractivity contribution in [3.63, 3.8) is 0 Å². The van der Waals surface area contributed by atoms with E-state index in [1.807, 2.05) is 13.8 Å². The van der Waals surface area contributed by atoms with E-state index >= 15 is 0 Å². The number of benzene rings is 1. The van der Waals surface area contributed by atoms with E-state index in [1.54, 1.807) is 0 Å². The van der Waals surface area contributed by atoms with E-state index in [9.17, 15) is 13.6 Å². The van der Waals surface area contributed by atoms with Crippen LogP contribution in [0.2, 0.25) is 0 Å². The SMILES string of the molecule is CC(Br)CC(C)NC(=O)c1ccc(F)c(F)c1. The average Bonchev–Trinajstić information content (AvgIpc) is 2.20. The van der Waals surface area contributed by atoms with Crippen LogP contribution in [0.4, 0.5) is 8.78 Å². The van der Waals surface area contributed by atoms with E-state index < -0.39 is 17.5 Å². The largest absolute Gasteiger partial charge is 0.350 e. The molecule has 2 atom stereocenters. The summed E-state index contributed by atoms with van der Waals surface area (Å²) in [5, 5.41) is 2.72. The van der Waals surface area contributed by atoms with Crippen molar-refractivity contribution in [1.29, 1.82) is 0 Å². The summed E-state index contributed by atoms with van der Waals surface area (Å²) in [5.41, 5.74) is 0.123. The number of hydrogen-bond donors (Lipinski definition) is 1. The van der Waals surface area contributed by atoms with Crippen LogP contribution in [-0.2, 0) is 0 Å². The number of carbonyl (C=O) groups is 1. The fraction of sp³-hybridized carbons (Fsp3) is 0.417. The molecule has 0 aromatic heterocycles. The van der Waals surface area contributed by atoms with Gasteiger partial charge in [-0.15, -0.1) is 0 Å². The number of rotatable bonds is 4. The molecule has 1 rings (SSSR count). The molecule has 0 bridgehead atoms. The van der Waals surface area contributed by atoms with Gasteiger partial charge in [0.2, 0.25) is 0 Å². The molecule has 1 aromatic rings. The molecule has 5 heteroatoms. The second-order valence-corrected chi connectivity index (χ2v) is 5.58. The first-order valence-electron chi connectivity index (χ1n) is 5.30. The molecule has 0 heterocycles. The maximum atomic E-state index is 12.9. The molecule has 0 saturated heterocycles. The van der Waals surface area contributed by atoms with Gasteiger partial charge in [0.1, 0.15) is 0 Å². The standard InChI is InChI=1S/C12H14BrF2NO/c1-7(13)5-8(2)16-12(17)9-3-4-10(14)11(15)6-9/h3-4,6-8H,5H2,1-2H3,(H,16,17). The Kier molecular flexibility index (Phi) is 5.05. The van der Waals surface area contributed by atoms with Crippen LogP contribution in [0.5, 0.6) is 0 Å². The monoisotopic (exact) mass is 305 g/mol. The topological polar surface area (TPSA) is 29.1 Å². The van der Waals surface area contributed by atoms with E-state index in [2.05, 4.69) is 21.2 Å². The summed E-state index contributed by atoms with van der Waals surface area (Å²) in [6.07, 6.45) is 0.759. The molecular weight excluding hydrogens is 292 g/mol. The van der Waals surface area contributed by atoms with Crippen LogP contribution in [0.1, 0.15) is 30.6 Å². The van der Waals surface area contributed by atoms with E-state index in [1.165, 1.54) is 6.07 Å². The Morgan fingerprint density at radius 2 is 2.00 bits per heavy atom. The van der Waals surface area contributed by atoms with Crippen LogP contribution in [0.15, 0.2) is 18.2 Å². The van der Waals surface area contributed by atoms with Crippen LogP contribution < -0.4 is 5.32 Å². The fourth-order valence-electron chi connectivity index (χ4n) is 1.49. The van der Waals surface area contributed by atoms with Gasteiger partial charge in [0.05, 0.1) is 0 Å². The molecule has 0 aliphatic heterocycles. The van der Waals surface area contributed by atoms with Crippen LogP contribution in [0.25, 0.3) is 0 Å². The maximum Gasteiger partial charge on any atom is 0.251 e. The van der Waals surface area contributed by atoms with Gasteiger partial charge in [0, 0.05) is 16.4 Å². The van der Waals surface area contributed by atoms with Crippen molar-refractivity contribution >= 4 is 21.8 Å². The lowest BCUT2D eigenvalue weighted by Gasteiger charge is -2.15. The third-order valence-corrected chi connectivity index (χ3v) is 2.61. The van der Waals surface area contributed by atoms with Crippen LogP contribution in [0.3, 0.4) is 0 Å². The van der Waals surface area contributed by atoms with Gasteiger partial charge < -0.3 is 5.32 Å². The van der Waals surface area contributed by atoms with Crippen molar-refractivity contribution in [1.82, 2.24) is 5.32 Å². The molecule has 1 aromatic carbocycles. The Morgan fingerprint density at radius 3 is 2.53 bits per heavy atom. The zero-order valence-corrected chi connectivity index (χ0v) is 11.2. The van der Waals surface area contributed by atoms with Gasteiger partial charge in [-0.3, -0.25) is 4.79 Å². The van der Waals surface area contributed by atoms with E-state index in [-0.39, 0.29) is 16.4 Å². The summed E-state index contributed by atoms with van der Waals surface area (Å²) >= 11 is 3.38. The molecule has 0 aliphatic carbocycles. The lowest BCUT2D eigenvalue weighted by atomic mass is 10.1. The minimum Gasteiger partial charge on any atom is -0.350 e. The van der Waals surface area contributed by atoms with Gasteiger partial charge in [0.25, 0.3) is 5.91 Å². The molecule has 0 saturated carbocycles. The highest BCUT2D eigenvalue weighted by Gasteiger charge is 2.13. The molecule has 0 fully saturated rings. The molecule has 2 unspecified atom stereocenters. The molecule has 0 spiro atoms. The van der Waals surface area contributed by atoms with Gasteiger partial charge in [-0.05, 0) is 31.5 Å². The lowest BCUT2D eigenvalue weighted by molar-refractivity contribution is 0.0938. The molecule has 17 heavy (non-hydrogen) atoms. The van der Waals surface area contributed by atoms with Crippen molar-refractivity contribution in [2.45, 2.75) is 31.1 Å². The Hall–Kier alpha value is -0.970. The molecule has 1 amide bonds. The summed E-state index contributed by atoms with van der Waals surface area (Å²) in [4.78, 5) is 12.0. The predicted octanol–water partition coefficient (Wildman–Crippen LogP) is 3.26. The van der Waals surface area contributed by atoms with Crippen LogP contribution in [0, 0.1) is 11.6 Å². The van der Waals surface area contributed by atoms with E-state index in [0.717, 1.165) is 18.6 Å². The molecule has 94 valence electrons. The van der Waals surface area contributed by atoms with Gasteiger partial charge in [-0.25, -0.2) is 8.78 Å². The zero-order valence-electron chi connectivity index (χ0n) is 9.64. The molecule has 0 radical (unpaired) electrons. The maximum absolute atomic E-state index is 12.9. The number of carbonyl (C=O) groups excluding carboxylic acids is 1. The van der Waals surface area contributed by atoms with Crippen LogP contribution in [-0.4, -0.2) is 16.8 Å². The first kappa shape index (κ1) is 14.1. The van der Waals surface area contributed by atoms with Gasteiger partial charge in [0.15, 0.2) is 11.6 Å². The highest BCUT2D eigenvalue weighted by Crippen LogP contribution is 2.10. The van der Waals surface area contributed by atoms with Crippen molar-refractivity contribution in [3.05, 3.63) is 35.4 Å². The van der Waals surface area contributed by atoms with E-state index in [4.69, 9.17) is 0 Å². The highest BCUT2D eigenvalue weighted by molar-refractivity contribution is 9.09. The third-order valence-electron chi connectivity index (χ3n) is 2.24. The number of amides is 1. The van der Waals surface area contributed by atoms with Gasteiger partial charge in [-0.2, -0.15) is 0 Å². The van der Waals surface area contributed by atoms with Gasteiger partial charge in [-0.1, -0.05) is 22.9 Å². The minimum absolute atomic E-state index is 0.0370. The Bertz CT molecular complexity index is 409. The van der Waals surface area contributed by atoms with E-state index in [0.29, 0.717) is 0 Å². The fourth-order valence-corrected chi connectivity index (χ4v) is 2.05.